The highest BCUT2D eigenvalue weighted by Crippen LogP contribution is 2.24. The molecule has 16 heavy (non-hydrogen) atoms. The quantitative estimate of drug-likeness (QED) is 0.760. The van der Waals surface area contributed by atoms with Crippen LogP contribution in [0.25, 0.3) is 0 Å². The number of nitrogens with zero attached hydrogens (tertiary/aromatic N) is 2. The maximum atomic E-state index is 10.4. The fraction of sp³-hybridized carbons (Fsp3) is 0.600. The maximum Gasteiger partial charge on any atom is 0.257 e. The molecule has 1 saturated heterocycles. The lowest BCUT2D eigenvalue weighted by molar-refractivity contribution is -0.105. The summed E-state index contributed by atoms with van der Waals surface area (Å²) in [5.41, 5.74) is 0.586. The van der Waals surface area contributed by atoms with Gasteiger partial charge in [0.25, 0.3) is 5.88 Å². The number of ether oxygens (including phenoxy) is 2. The Labute approximate surface area is 93.5 Å². The largest absolute Gasteiger partial charge is 0.469 e. The number of rotatable bonds is 4. The predicted molar refractivity (Wildman–Crippen MR) is 57.4 cm³/mol. The van der Waals surface area contributed by atoms with Crippen LogP contribution < -0.4 is 10.1 Å². The van der Waals surface area contributed by atoms with Crippen molar-refractivity contribution in [2.75, 3.05) is 18.5 Å². The molecule has 1 unspecified atom stereocenters. The molecule has 1 atom stereocenters. The number of hydrogen-bond donors (Lipinski definition) is 1. The Hall–Kier alpha value is -1.56. The summed E-state index contributed by atoms with van der Waals surface area (Å²) >= 11 is 0. The lowest BCUT2D eigenvalue weighted by atomic mass is 10.2. The molecule has 0 saturated carbocycles. The minimum absolute atomic E-state index is 0.0239. The molecular weight excluding hydrogens is 210 g/mol. The van der Waals surface area contributed by atoms with Crippen molar-refractivity contribution >= 4 is 12.1 Å². The number of hydrogen-bond acceptors (Lipinski definition) is 4. The average molecular weight is 225 g/mol. The van der Waals surface area contributed by atoms with E-state index in [0.29, 0.717) is 24.6 Å². The van der Waals surface area contributed by atoms with Crippen LogP contribution in [-0.4, -0.2) is 35.5 Å². The molecule has 6 heteroatoms. The number of aromatic nitrogens is 2. The van der Waals surface area contributed by atoms with Gasteiger partial charge < -0.3 is 14.8 Å². The zero-order valence-corrected chi connectivity index (χ0v) is 9.18. The number of nitrogens with one attached hydrogen (secondary N) is 1. The number of carbonyl (C=O) groups is 1. The first-order chi connectivity index (χ1) is 7.79. The summed E-state index contributed by atoms with van der Waals surface area (Å²) < 4.78 is 12.6. The highest BCUT2D eigenvalue weighted by Gasteiger charge is 2.18. The van der Waals surface area contributed by atoms with Crippen molar-refractivity contribution in [3.05, 3.63) is 6.20 Å². The van der Waals surface area contributed by atoms with E-state index in [1.165, 1.54) is 0 Å². The van der Waals surface area contributed by atoms with Gasteiger partial charge in [0, 0.05) is 13.7 Å². The van der Waals surface area contributed by atoms with Gasteiger partial charge in [-0.1, -0.05) is 0 Å². The topological polar surface area (TPSA) is 65.4 Å². The minimum atomic E-state index is 0.0239. The number of amides is 1. The van der Waals surface area contributed by atoms with Crippen molar-refractivity contribution in [1.29, 1.82) is 0 Å². The fourth-order valence-electron chi connectivity index (χ4n) is 1.68. The maximum absolute atomic E-state index is 10.4. The van der Waals surface area contributed by atoms with Crippen LogP contribution in [0.4, 0.5) is 5.69 Å². The highest BCUT2D eigenvalue weighted by atomic mass is 16.5. The molecule has 1 N–H and O–H groups in total. The van der Waals surface area contributed by atoms with E-state index >= 15 is 0 Å². The average Bonchev–Trinajstić information content (AvgIpc) is 2.61. The summed E-state index contributed by atoms with van der Waals surface area (Å²) in [6, 6.07) is 0. The summed E-state index contributed by atoms with van der Waals surface area (Å²) in [6.07, 6.45) is 4.29. The summed E-state index contributed by atoms with van der Waals surface area (Å²) in [6.45, 7) is 1.37. The molecule has 2 rings (SSSR count). The monoisotopic (exact) mass is 225 g/mol. The van der Waals surface area contributed by atoms with E-state index in [-0.39, 0.29) is 6.10 Å². The Morgan fingerprint density at radius 2 is 2.62 bits per heavy atom. The lowest BCUT2D eigenvalue weighted by Crippen LogP contribution is -2.28. The highest BCUT2D eigenvalue weighted by molar-refractivity contribution is 5.73. The third-order valence-corrected chi connectivity index (χ3v) is 2.41. The van der Waals surface area contributed by atoms with E-state index < -0.39 is 0 Å². The molecule has 1 aromatic heterocycles. The normalized spacial score (nSPS) is 20.4. The van der Waals surface area contributed by atoms with Crippen molar-refractivity contribution < 1.29 is 14.3 Å². The van der Waals surface area contributed by atoms with Gasteiger partial charge in [-0.25, -0.2) is 0 Å². The Morgan fingerprint density at radius 3 is 3.31 bits per heavy atom. The fourth-order valence-corrected chi connectivity index (χ4v) is 1.68. The number of anilines is 1. The van der Waals surface area contributed by atoms with E-state index in [2.05, 4.69) is 10.4 Å². The molecule has 2 heterocycles. The first-order valence-electron chi connectivity index (χ1n) is 5.28. The Balaban J connectivity index is 2.03. The Bertz CT molecular complexity index is 358. The van der Waals surface area contributed by atoms with Crippen LogP contribution in [0, 0.1) is 0 Å². The smallest absolute Gasteiger partial charge is 0.257 e. The molecule has 1 aliphatic heterocycles. The van der Waals surface area contributed by atoms with Gasteiger partial charge in [-0.05, 0) is 12.8 Å². The zero-order chi connectivity index (χ0) is 11.4. The van der Waals surface area contributed by atoms with Crippen molar-refractivity contribution in [2.45, 2.75) is 18.9 Å². The van der Waals surface area contributed by atoms with E-state index in [4.69, 9.17) is 9.47 Å². The van der Waals surface area contributed by atoms with Crippen LogP contribution in [0.3, 0.4) is 0 Å². The molecule has 1 aliphatic rings. The van der Waals surface area contributed by atoms with Crippen molar-refractivity contribution in [1.82, 2.24) is 9.78 Å². The lowest BCUT2D eigenvalue weighted by Gasteiger charge is -2.22. The molecule has 0 bridgehead atoms. The van der Waals surface area contributed by atoms with Gasteiger partial charge in [0.05, 0.1) is 12.8 Å². The van der Waals surface area contributed by atoms with Crippen LogP contribution in [0.1, 0.15) is 12.8 Å². The van der Waals surface area contributed by atoms with Gasteiger partial charge in [-0.3, -0.25) is 9.48 Å². The third kappa shape index (κ3) is 2.52. The van der Waals surface area contributed by atoms with E-state index in [9.17, 15) is 4.79 Å². The summed E-state index contributed by atoms with van der Waals surface area (Å²) in [4.78, 5) is 10.4. The molecule has 1 amide bonds. The van der Waals surface area contributed by atoms with Crippen molar-refractivity contribution in [3.63, 3.8) is 0 Å². The van der Waals surface area contributed by atoms with E-state index in [1.807, 2.05) is 0 Å². The van der Waals surface area contributed by atoms with Crippen molar-refractivity contribution in [2.24, 2.45) is 7.05 Å². The van der Waals surface area contributed by atoms with Crippen LogP contribution in [0.5, 0.6) is 5.88 Å². The summed E-state index contributed by atoms with van der Waals surface area (Å²) in [5, 5.41) is 6.70. The first kappa shape index (κ1) is 10.9. The van der Waals surface area contributed by atoms with Crippen LogP contribution in [0.15, 0.2) is 6.20 Å². The number of aryl methyl sites for hydroxylation is 1. The Morgan fingerprint density at radius 1 is 1.75 bits per heavy atom. The molecular formula is C10H15N3O3. The molecule has 1 aromatic rings. The molecule has 0 radical (unpaired) electrons. The third-order valence-electron chi connectivity index (χ3n) is 2.41. The predicted octanol–water partition coefficient (Wildman–Crippen LogP) is 0.546. The second-order valence-electron chi connectivity index (χ2n) is 3.74. The molecule has 1 fully saturated rings. The molecule has 0 aliphatic carbocycles. The van der Waals surface area contributed by atoms with Crippen LogP contribution in [0.2, 0.25) is 0 Å². The molecule has 0 aromatic carbocycles. The zero-order valence-electron chi connectivity index (χ0n) is 9.18. The van der Waals surface area contributed by atoms with Crippen LogP contribution in [-0.2, 0) is 16.6 Å². The van der Waals surface area contributed by atoms with Crippen LogP contribution >= 0.6 is 0 Å². The second-order valence-corrected chi connectivity index (χ2v) is 3.74. The summed E-state index contributed by atoms with van der Waals surface area (Å²) in [7, 11) is 1.78. The standard InChI is InChI=1S/C10H15N3O3/c1-13-5-9(11-7-14)10(12-13)16-8-3-2-4-15-6-8/h5,7-8H,2-4,6H2,1H3,(H,11,14). The van der Waals surface area contributed by atoms with E-state index in [0.717, 1.165) is 19.4 Å². The first-order valence-corrected chi connectivity index (χ1v) is 5.28. The molecule has 0 spiro atoms. The summed E-state index contributed by atoms with van der Waals surface area (Å²) in [5.74, 6) is 0.449. The SMILES string of the molecule is Cn1cc(NC=O)c(OC2CCCOC2)n1. The van der Waals surface area contributed by atoms with Crippen molar-refractivity contribution in [3.8, 4) is 5.88 Å². The van der Waals surface area contributed by atoms with Gasteiger partial charge >= 0.3 is 0 Å². The molecule has 88 valence electrons. The number of carbonyl (C=O) groups excluding carboxylic acids is 1. The van der Waals surface area contributed by atoms with Gasteiger partial charge in [-0.2, -0.15) is 0 Å². The Kier molecular flexibility index (Phi) is 3.40. The minimum Gasteiger partial charge on any atom is -0.469 e. The van der Waals surface area contributed by atoms with E-state index in [1.54, 1.807) is 17.9 Å². The van der Waals surface area contributed by atoms with Gasteiger partial charge in [0.1, 0.15) is 11.8 Å². The molecule has 6 nitrogen and oxygen atoms in total. The second kappa shape index (κ2) is 4.98. The van der Waals surface area contributed by atoms with Gasteiger partial charge in [0.2, 0.25) is 6.41 Å². The van der Waals surface area contributed by atoms with Gasteiger partial charge in [-0.15, -0.1) is 5.10 Å². The van der Waals surface area contributed by atoms with Gasteiger partial charge in [0.15, 0.2) is 0 Å².